The lowest BCUT2D eigenvalue weighted by molar-refractivity contribution is 0.0517. The minimum atomic E-state index is -0.462. The first kappa shape index (κ1) is 19.7. The van der Waals surface area contributed by atoms with Gasteiger partial charge in [0, 0.05) is 10.6 Å². The first-order chi connectivity index (χ1) is 14.0. The van der Waals surface area contributed by atoms with Crippen LogP contribution in [0.15, 0.2) is 42.5 Å². The van der Waals surface area contributed by atoms with E-state index in [9.17, 15) is 9.18 Å². The maximum Gasteiger partial charge on any atom is 0.359 e. The molecule has 7 heteroatoms. The zero-order chi connectivity index (χ0) is 20.5. The number of carbonyl (C=O) groups is 1. The highest BCUT2D eigenvalue weighted by atomic mass is 35.5. The summed E-state index contributed by atoms with van der Waals surface area (Å²) in [6.07, 6.45) is 3.35. The zero-order valence-electron chi connectivity index (χ0n) is 15.6. The second-order valence-corrected chi connectivity index (χ2v) is 7.47. The minimum absolute atomic E-state index is 0.264. The summed E-state index contributed by atoms with van der Waals surface area (Å²) in [6, 6.07) is 11.4. The Morgan fingerprint density at radius 2 is 1.97 bits per heavy atom. The van der Waals surface area contributed by atoms with Crippen molar-refractivity contribution < 1.29 is 13.9 Å². The van der Waals surface area contributed by atoms with E-state index < -0.39 is 5.97 Å². The third kappa shape index (κ3) is 3.80. The highest BCUT2D eigenvalue weighted by molar-refractivity contribution is 6.35. The Labute approximate surface area is 177 Å². The quantitative estimate of drug-likeness (QED) is 0.478. The molecule has 0 atom stereocenters. The fourth-order valence-corrected chi connectivity index (χ4v) is 3.98. The average Bonchev–Trinajstić information content (AvgIpc) is 3.25. The van der Waals surface area contributed by atoms with Gasteiger partial charge in [-0.05, 0) is 67.3 Å². The second kappa shape index (κ2) is 8.01. The Morgan fingerprint density at radius 1 is 1.21 bits per heavy atom. The van der Waals surface area contributed by atoms with Crippen molar-refractivity contribution >= 4 is 40.8 Å². The molecule has 2 aromatic carbocycles. The van der Waals surface area contributed by atoms with Crippen molar-refractivity contribution in [1.82, 2.24) is 9.78 Å². The largest absolute Gasteiger partial charge is 0.461 e. The van der Waals surface area contributed by atoms with Gasteiger partial charge in [0.2, 0.25) is 0 Å². The number of fused-ring (bicyclic) bond motifs is 1. The third-order valence-electron chi connectivity index (χ3n) is 4.75. The summed E-state index contributed by atoms with van der Waals surface area (Å²) in [5.41, 5.74) is 4.39. The SMILES string of the molecule is CCOC(=O)c1nn(-c2ccc(Cl)cc2Cl)c2c1CCC2=Cc1ccc(F)cc1. The van der Waals surface area contributed by atoms with Gasteiger partial charge in [0.25, 0.3) is 0 Å². The molecule has 4 nitrogen and oxygen atoms in total. The van der Waals surface area contributed by atoms with Crippen LogP contribution in [0, 0.1) is 5.82 Å². The predicted molar refractivity (Wildman–Crippen MR) is 112 cm³/mol. The summed E-state index contributed by atoms with van der Waals surface area (Å²) in [6.45, 7) is 2.02. The lowest BCUT2D eigenvalue weighted by atomic mass is 10.1. The van der Waals surface area contributed by atoms with E-state index in [1.165, 1.54) is 12.1 Å². The first-order valence-electron chi connectivity index (χ1n) is 9.19. The molecule has 0 spiro atoms. The van der Waals surface area contributed by atoms with Crippen molar-refractivity contribution in [2.75, 3.05) is 6.61 Å². The third-order valence-corrected chi connectivity index (χ3v) is 5.29. The van der Waals surface area contributed by atoms with E-state index in [1.54, 1.807) is 41.9 Å². The Kier molecular flexibility index (Phi) is 5.43. The molecule has 0 fully saturated rings. The Balaban J connectivity index is 1.89. The molecule has 29 heavy (non-hydrogen) atoms. The molecule has 1 aliphatic carbocycles. The fraction of sp³-hybridized carbons (Fsp3) is 0.182. The van der Waals surface area contributed by atoms with Crippen LogP contribution in [-0.4, -0.2) is 22.4 Å². The number of halogens is 3. The van der Waals surface area contributed by atoms with Crippen LogP contribution in [0.4, 0.5) is 4.39 Å². The number of nitrogens with zero attached hydrogens (tertiary/aromatic N) is 2. The summed E-state index contributed by atoms with van der Waals surface area (Å²) in [4.78, 5) is 12.5. The molecule has 0 saturated carbocycles. The van der Waals surface area contributed by atoms with Crippen LogP contribution >= 0.6 is 23.2 Å². The molecule has 0 radical (unpaired) electrons. The van der Waals surface area contributed by atoms with E-state index in [0.29, 0.717) is 22.2 Å². The molecular weight excluding hydrogens is 414 g/mol. The van der Waals surface area contributed by atoms with Crippen LogP contribution in [-0.2, 0) is 11.2 Å². The van der Waals surface area contributed by atoms with Crippen LogP contribution in [0.25, 0.3) is 17.3 Å². The van der Waals surface area contributed by atoms with Crippen molar-refractivity contribution in [2.45, 2.75) is 19.8 Å². The van der Waals surface area contributed by atoms with Gasteiger partial charge >= 0.3 is 5.97 Å². The number of hydrogen-bond donors (Lipinski definition) is 0. The predicted octanol–water partition coefficient (Wildman–Crippen LogP) is 5.98. The molecule has 0 bridgehead atoms. The molecule has 1 aromatic heterocycles. The van der Waals surface area contributed by atoms with Crippen molar-refractivity contribution in [3.05, 3.63) is 80.8 Å². The molecule has 0 amide bonds. The van der Waals surface area contributed by atoms with E-state index in [-0.39, 0.29) is 18.1 Å². The number of ether oxygens (including phenoxy) is 1. The Hall–Kier alpha value is -2.63. The first-order valence-corrected chi connectivity index (χ1v) is 9.94. The van der Waals surface area contributed by atoms with Gasteiger partial charge in [0.05, 0.1) is 23.0 Å². The van der Waals surface area contributed by atoms with Gasteiger partial charge < -0.3 is 4.74 Å². The van der Waals surface area contributed by atoms with Gasteiger partial charge in [-0.1, -0.05) is 35.3 Å². The van der Waals surface area contributed by atoms with E-state index in [2.05, 4.69) is 5.10 Å². The topological polar surface area (TPSA) is 44.1 Å². The van der Waals surface area contributed by atoms with Crippen LogP contribution in [0.5, 0.6) is 0 Å². The van der Waals surface area contributed by atoms with Gasteiger partial charge in [0.1, 0.15) is 5.82 Å². The summed E-state index contributed by atoms with van der Waals surface area (Å²) >= 11 is 12.5. The summed E-state index contributed by atoms with van der Waals surface area (Å²) < 4.78 is 20.1. The normalized spacial score (nSPS) is 14.3. The van der Waals surface area contributed by atoms with Gasteiger partial charge in [-0.3, -0.25) is 0 Å². The maximum atomic E-state index is 13.3. The summed E-state index contributed by atoms with van der Waals surface area (Å²) in [7, 11) is 0. The highest BCUT2D eigenvalue weighted by Gasteiger charge is 2.31. The van der Waals surface area contributed by atoms with Gasteiger partial charge in [0.15, 0.2) is 5.69 Å². The standard InChI is InChI=1S/C22H17Cl2FN2O2/c1-2-29-22(28)20-17-9-5-14(11-13-3-7-16(25)8-4-13)21(17)27(26-20)19-10-6-15(23)12-18(19)24/h3-4,6-8,10-12H,2,5,9H2,1H3. The van der Waals surface area contributed by atoms with E-state index in [0.717, 1.165) is 28.8 Å². The molecule has 0 aliphatic heterocycles. The average molecular weight is 431 g/mol. The zero-order valence-corrected chi connectivity index (χ0v) is 17.1. The molecule has 1 heterocycles. The number of hydrogen-bond acceptors (Lipinski definition) is 3. The van der Waals surface area contributed by atoms with E-state index in [4.69, 9.17) is 27.9 Å². The number of benzene rings is 2. The molecule has 0 unspecified atom stereocenters. The fourth-order valence-electron chi connectivity index (χ4n) is 3.49. The number of carbonyl (C=O) groups excluding carboxylic acids is 1. The molecule has 0 N–H and O–H groups in total. The van der Waals surface area contributed by atoms with Crippen LogP contribution in [0.2, 0.25) is 10.0 Å². The van der Waals surface area contributed by atoms with Crippen LogP contribution < -0.4 is 0 Å². The van der Waals surface area contributed by atoms with E-state index >= 15 is 0 Å². The monoisotopic (exact) mass is 430 g/mol. The van der Waals surface area contributed by atoms with E-state index in [1.807, 2.05) is 6.08 Å². The number of aromatic nitrogens is 2. The highest BCUT2D eigenvalue weighted by Crippen LogP contribution is 2.39. The van der Waals surface area contributed by atoms with Crippen molar-refractivity contribution in [2.24, 2.45) is 0 Å². The number of rotatable bonds is 4. The van der Waals surface area contributed by atoms with Crippen LogP contribution in [0.3, 0.4) is 0 Å². The summed E-state index contributed by atoms with van der Waals surface area (Å²) in [5.74, 6) is -0.752. The van der Waals surface area contributed by atoms with Gasteiger partial charge in [-0.15, -0.1) is 0 Å². The molecule has 1 aliphatic rings. The van der Waals surface area contributed by atoms with Crippen LogP contribution in [0.1, 0.15) is 40.7 Å². The number of allylic oxidation sites excluding steroid dienone is 1. The lowest BCUT2D eigenvalue weighted by Crippen LogP contribution is -2.09. The lowest BCUT2D eigenvalue weighted by Gasteiger charge is -2.10. The molecule has 0 saturated heterocycles. The van der Waals surface area contributed by atoms with Crippen molar-refractivity contribution in [1.29, 1.82) is 0 Å². The molecule has 4 rings (SSSR count). The maximum absolute atomic E-state index is 13.3. The Morgan fingerprint density at radius 3 is 2.66 bits per heavy atom. The second-order valence-electron chi connectivity index (χ2n) is 6.62. The summed E-state index contributed by atoms with van der Waals surface area (Å²) in [5, 5.41) is 5.46. The smallest absolute Gasteiger partial charge is 0.359 e. The molecular formula is C22H17Cl2FN2O2. The minimum Gasteiger partial charge on any atom is -0.461 e. The van der Waals surface area contributed by atoms with Gasteiger partial charge in [-0.25, -0.2) is 13.9 Å². The molecule has 3 aromatic rings. The van der Waals surface area contributed by atoms with Crippen molar-refractivity contribution in [3.63, 3.8) is 0 Å². The number of esters is 1. The Bertz CT molecular complexity index is 1120. The van der Waals surface area contributed by atoms with Gasteiger partial charge in [-0.2, -0.15) is 5.10 Å². The van der Waals surface area contributed by atoms with Crippen molar-refractivity contribution in [3.8, 4) is 5.69 Å². The molecule has 148 valence electrons.